The van der Waals surface area contributed by atoms with E-state index < -0.39 is 0 Å². The maximum atomic E-state index is 11.2. The molecule has 2 fully saturated rings. The standard InChI is InChI=1S/C12H16O6/c1-6(13)16-5-9-8-3-12(15)18-10(8)4-11(9)17-7(2)14/h8-11H,3-5H2,1-2H3. The lowest BCUT2D eigenvalue weighted by atomic mass is 9.93. The van der Waals surface area contributed by atoms with Crippen molar-refractivity contribution in [2.45, 2.75) is 38.9 Å². The molecule has 0 amide bonds. The molecule has 0 aromatic rings. The molecule has 0 aromatic heterocycles. The molecule has 100 valence electrons. The number of carbonyl (C=O) groups is 3. The maximum absolute atomic E-state index is 11.2. The van der Waals surface area contributed by atoms with Gasteiger partial charge in [-0.15, -0.1) is 0 Å². The van der Waals surface area contributed by atoms with Gasteiger partial charge in [-0.1, -0.05) is 0 Å². The quantitative estimate of drug-likeness (QED) is 0.538. The van der Waals surface area contributed by atoms with Gasteiger partial charge in [0.1, 0.15) is 12.2 Å². The average molecular weight is 256 g/mol. The Morgan fingerprint density at radius 2 is 2.06 bits per heavy atom. The molecular formula is C12H16O6. The summed E-state index contributed by atoms with van der Waals surface area (Å²) in [6.07, 6.45) is 0.225. The predicted octanol–water partition coefficient (Wildman–Crippen LogP) is 0.433. The van der Waals surface area contributed by atoms with Crippen molar-refractivity contribution in [1.82, 2.24) is 0 Å². The molecule has 0 N–H and O–H groups in total. The minimum absolute atomic E-state index is 0.0267. The lowest BCUT2D eigenvalue weighted by molar-refractivity contribution is -0.152. The third kappa shape index (κ3) is 2.63. The molecule has 0 radical (unpaired) electrons. The van der Waals surface area contributed by atoms with Gasteiger partial charge in [-0.2, -0.15) is 0 Å². The van der Waals surface area contributed by atoms with Crippen molar-refractivity contribution in [3.05, 3.63) is 0 Å². The van der Waals surface area contributed by atoms with E-state index in [1.807, 2.05) is 0 Å². The smallest absolute Gasteiger partial charge is 0.306 e. The van der Waals surface area contributed by atoms with E-state index in [1.165, 1.54) is 13.8 Å². The van der Waals surface area contributed by atoms with Gasteiger partial charge in [-0.05, 0) is 0 Å². The first-order valence-corrected chi connectivity index (χ1v) is 5.97. The van der Waals surface area contributed by atoms with E-state index in [9.17, 15) is 14.4 Å². The molecule has 0 aromatic carbocycles. The number of ether oxygens (including phenoxy) is 3. The summed E-state index contributed by atoms with van der Waals surface area (Å²) in [6.45, 7) is 2.82. The summed E-state index contributed by atoms with van der Waals surface area (Å²) in [4.78, 5) is 33.1. The van der Waals surface area contributed by atoms with E-state index in [1.54, 1.807) is 0 Å². The zero-order valence-corrected chi connectivity index (χ0v) is 10.4. The molecule has 6 nitrogen and oxygen atoms in total. The van der Waals surface area contributed by atoms with E-state index in [-0.39, 0.29) is 48.6 Å². The van der Waals surface area contributed by atoms with Gasteiger partial charge in [0.05, 0.1) is 13.0 Å². The molecule has 1 aliphatic carbocycles. The van der Waals surface area contributed by atoms with Crippen LogP contribution in [-0.2, 0) is 28.6 Å². The fourth-order valence-corrected chi connectivity index (χ4v) is 2.75. The van der Waals surface area contributed by atoms with Gasteiger partial charge in [-0.3, -0.25) is 14.4 Å². The predicted molar refractivity (Wildman–Crippen MR) is 58.3 cm³/mol. The highest BCUT2D eigenvalue weighted by atomic mass is 16.6. The number of carbonyl (C=O) groups excluding carboxylic acids is 3. The van der Waals surface area contributed by atoms with Crippen molar-refractivity contribution in [3.63, 3.8) is 0 Å². The van der Waals surface area contributed by atoms with Gasteiger partial charge in [0.25, 0.3) is 0 Å². The normalized spacial score (nSPS) is 33.8. The third-order valence-corrected chi connectivity index (χ3v) is 3.45. The second-order valence-corrected chi connectivity index (χ2v) is 4.75. The summed E-state index contributed by atoms with van der Waals surface area (Å²) < 4.78 is 15.4. The van der Waals surface area contributed by atoms with Crippen molar-refractivity contribution >= 4 is 17.9 Å². The molecule has 2 aliphatic rings. The van der Waals surface area contributed by atoms with Crippen LogP contribution < -0.4 is 0 Å². The second-order valence-electron chi connectivity index (χ2n) is 4.75. The molecule has 0 bridgehead atoms. The summed E-state index contributed by atoms with van der Waals surface area (Å²) in [5, 5.41) is 0. The summed E-state index contributed by atoms with van der Waals surface area (Å²) in [6, 6.07) is 0. The summed E-state index contributed by atoms with van der Waals surface area (Å²) in [5.41, 5.74) is 0. The maximum Gasteiger partial charge on any atom is 0.306 e. The van der Waals surface area contributed by atoms with Crippen molar-refractivity contribution in [1.29, 1.82) is 0 Å². The van der Waals surface area contributed by atoms with Crippen LogP contribution in [0.15, 0.2) is 0 Å². The van der Waals surface area contributed by atoms with Crippen LogP contribution in [0.1, 0.15) is 26.7 Å². The fourth-order valence-electron chi connectivity index (χ4n) is 2.75. The van der Waals surface area contributed by atoms with Crippen LogP contribution >= 0.6 is 0 Å². The lowest BCUT2D eigenvalue weighted by Crippen LogP contribution is -2.29. The van der Waals surface area contributed by atoms with Gasteiger partial charge < -0.3 is 14.2 Å². The van der Waals surface area contributed by atoms with Gasteiger partial charge in [0.2, 0.25) is 0 Å². The summed E-state index contributed by atoms with van der Waals surface area (Å²) >= 11 is 0. The van der Waals surface area contributed by atoms with Crippen molar-refractivity contribution < 1.29 is 28.6 Å². The van der Waals surface area contributed by atoms with E-state index in [2.05, 4.69) is 0 Å². The Hall–Kier alpha value is -1.59. The molecule has 18 heavy (non-hydrogen) atoms. The SMILES string of the molecule is CC(=O)OCC1C(OC(C)=O)CC2OC(=O)CC21. The summed E-state index contributed by atoms with van der Waals surface area (Å²) in [7, 11) is 0. The molecule has 1 saturated heterocycles. The number of rotatable bonds is 3. The van der Waals surface area contributed by atoms with E-state index >= 15 is 0 Å². The van der Waals surface area contributed by atoms with E-state index in [4.69, 9.17) is 14.2 Å². The third-order valence-electron chi connectivity index (χ3n) is 3.45. The lowest BCUT2D eigenvalue weighted by Gasteiger charge is -2.21. The Morgan fingerprint density at radius 1 is 1.33 bits per heavy atom. The molecule has 2 rings (SSSR count). The molecule has 1 aliphatic heterocycles. The highest BCUT2D eigenvalue weighted by Crippen LogP contribution is 2.42. The van der Waals surface area contributed by atoms with Crippen LogP contribution in [0.3, 0.4) is 0 Å². The minimum Gasteiger partial charge on any atom is -0.465 e. The molecule has 1 saturated carbocycles. The van der Waals surface area contributed by atoms with Crippen molar-refractivity contribution in [2.24, 2.45) is 11.8 Å². The minimum atomic E-state index is -0.384. The van der Waals surface area contributed by atoms with Crippen molar-refractivity contribution in [2.75, 3.05) is 6.61 Å². The number of hydrogen-bond acceptors (Lipinski definition) is 6. The van der Waals surface area contributed by atoms with Crippen LogP contribution in [0.25, 0.3) is 0 Å². The molecular weight excluding hydrogens is 240 g/mol. The van der Waals surface area contributed by atoms with Gasteiger partial charge in [0, 0.05) is 32.1 Å². The first-order valence-electron chi connectivity index (χ1n) is 5.97. The number of esters is 3. The molecule has 0 spiro atoms. The fraction of sp³-hybridized carbons (Fsp3) is 0.750. The second kappa shape index (κ2) is 4.96. The monoisotopic (exact) mass is 256 g/mol. The Morgan fingerprint density at radius 3 is 2.67 bits per heavy atom. The van der Waals surface area contributed by atoms with Crippen LogP contribution in [0.2, 0.25) is 0 Å². The van der Waals surface area contributed by atoms with Gasteiger partial charge in [0.15, 0.2) is 0 Å². The highest BCUT2D eigenvalue weighted by Gasteiger charge is 2.51. The largest absolute Gasteiger partial charge is 0.465 e. The van der Waals surface area contributed by atoms with E-state index in [0.29, 0.717) is 12.8 Å². The highest BCUT2D eigenvalue weighted by molar-refractivity contribution is 5.72. The van der Waals surface area contributed by atoms with Crippen LogP contribution in [0, 0.1) is 11.8 Å². The first-order chi connectivity index (χ1) is 8.47. The average Bonchev–Trinajstić information content (AvgIpc) is 2.70. The zero-order valence-electron chi connectivity index (χ0n) is 10.4. The summed E-state index contributed by atoms with van der Waals surface area (Å²) in [5.74, 6) is -1.18. The van der Waals surface area contributed by atoms with Crippen LogP contribution in [-0.4, -0.2) is 36.7 Å². The van der Waals surface area contributed by atoms with Crippen molar-refractivity contribution in [3.8, 4) is 0 Å². The van der Waals surface area contributed by atoms with Gasteiger partial charge in [-0.25, -0.2) is 0 Å². The van der Waals surface area contributed by atoms with Crippen LogP contribution in [0.5, 0.6) is 0 Å². The molecule has 1 heterocycles. The Kier molecular flexibility index (Phi) is 3.54. The van der Waals surface area contributed by atoms with Crippen LogP contribution in [0.4, 0.5) is 0 Å². The number of hydrogen-bond donors (Lipinski definition) is 0. The topological polar surface area (TPSA) is 78.9 Å². The van der Waals surface area contributed by atoms with Gasteiger partial charge >= 0.3 is 17.9 Å². The van der Waals surface area contributed by atoms with E-state index in [0.717, 1.165) is 0 Å². The Bertz CT molecular complexity index is 377. The zero-order chi connectivity index (χ0) is 13.3. The molecule has 6 heteroatoms. The first kappa shape index (κ1) is 12.9. The number of fused-ring (bicyclic) bond motifs is 1. The molecule has 4 unspecified atom stereocenters. The molecule has 4 atom stereocenters. The Balaban J connectivity index is 2.04. The Labute approximate surface area is 105 Å².